The van der Waals surface area contributed by atoms with Crippen LogP contribution in [0.4, 0.5) is 5.69 Å². The molecular formula is C21H27N3O. The number of amides is 1. The van der Waals surface area contributed by atoms with Crippen LogP contribution in [0.5, 0.6) is 0 Å². The fourth-order valence-corrected chi connectivity index (χ4v) is 3.40. The molecule has 0 spiro atoms. The second-order valence-electron chi connectivity index (χ2n) is 7.09. The summed E-state index contributed by atoms with van der Waals surface area (Å²) in [5, 5.41) is 3.14. The molecule has 0 atom stereocenters. The molecule has 4 heteroatoms. The summed E-state index contributed by atoms with van der Waals surface area (Å²) in [4.78, 5) is 19.1. The van der Waals surface area contributed by atoms with Gasteiger partial charge in [0.25, 0.3) is 5.91 Å². The fourth-order valence-electron chi connectivity index (χ4n) is 3.40. The van der Waals surface area contributed by atoms with Crippen LogP contribution in [0.3, 0.4) is 0 Å². The second-order valence-corrected chi connectivity index (χ2v) is 7.09. The van der Waals surface area contributed by atoms with Crippen LogP contribution in [0.25, 0.3) is 0 Å². The first-order valence-electron chi connectivity index (χ1n) is 9.20. The third kappa shape index (κ3) is 4.59. The molecule has 1 aliphatic carbocycles. The Morgan fingerprint density at radius 1 is 1.20 bits per heavy atom. The molecular weight excluding hydrogens is 310 g/mol. The summed E-state index contributed by atoms with van der Waals surface area (Å²) < 4.78 is 0. The molecule has 1 aromatic heterocycles. The number of pyridine rings is 1. The minimum atomic E-state index is -0.00957. The number of nitrogens with zero attached hydrogens (tertiary/aromatic N) is 2. The fraction of sp³-hybridized carbons (Fsp3) is 0.429. The van der Waals surface area contributed by atoms with Gasteiger partial charge in [0.1, 0.15) is 0 Å². The molecule has 0 saturated heterocycles. The summed E-state index contributed by atoms with van der Waals surface area (Å²) in [7, 11) is 0. The smallest absolute Gasteiger partial charge is 0.253 e. The van der Waals surface area contributed by atoms with E-state index in [0.717, 1.165) is 25.1 Å². The zero-order chi connectivity index (χ0) is 17.6. The van der Waals surface area contributed by atoms with E-state index in [1.165, 1.54) is 18.4 Å². The van der Waals surface area contributed by atoms with Gasteiger partial charge in [-0.25, -0.2) is 0 Å². The summed E-state index contributed by atoms with van der Waals surface area (Å²) >= 11 is 0. The van der Waals surface area contributed by atoms with E-state index < -0.39 is 0 Å². The van der Waals surface area contributed by atoms with Crippen LogP contribution in [0, 0.1) is 0 Å². The van der Waals surface area contributed by atoms with Crippen molar-refractivity contribution in [2.75, 3.05) is 4.90 Å². The van der Waals surface area contributed by atoms with E-state index in [1.54, 1.807) is 6.20 Å². The number of hydrogen-bond acceptors (Lipinski definition) is 3. The molecule has 1 aromatic carbocycles. The summed E-state index contributed by atoms with van der Waals surface area (Å²) in [6.45, 7) is 5.12. The molecule has 4 nitrogen and oxygen atoms in total. The number of hydrogen-bond donors (Lipinski definition) is 1. The van der Waals surface area contributed by atoms with Crippen molar-refractivity contribution < 1.29 is 4.79 Å². The van der Waals surface area contributed by atoms with Gasteiger partial charge in [-0.05, 0) is 38.3 Å². The highest BCUT2D eigenvalue weighted by Crippen LogP contribution is 2.22. The molecule has 132 valence electrons. The lowest BCUT2D eigenvalue weighted by Crippen LogP contribution is -2.33. The minimum Gasteiger partial charge on any atom is -0.364 e. The molecule has 0 aliphatic heterocycles. The van der Waals surface area contributed by atoms with Crippen molar-refractivity contribution in [3.05, 3.63) is 59.9 Å². The van der Waals surface area contributed by atoms with Crippen LogP contribution in [-0.4, -0.2) is 23.0 Å². The number of benzene rings is 1. The predicted octanol–water partition coefficient (Wildman–Crippen LogP) is 4.17. The van der Waals surface area contributed by atoms with E-state index in [9.17, 15) is 4.79 Å². The molecule has 0 unspecified atom stereocenters. The van der Waals surface area contributed by atoms with E-state index in [0.29, 0.717) is 17.6 Å². The lowest BCUT2D eigenvalue weighted by molar-refractivity contribution is 0.0937. The van der Waals surface area contributed by atoms with Gasteiger partial charge in [-0.15, -0.1) is 0 Å². The predicted molar refractivity (Wildman–Crippen MR) is 102 cm³/mol. The molecule has 0 radical (unpaired) electrons. The van der Waals surface area contributed by atoms with Gasteiger partial charge < -0.3 is 10.2 Å². The zero-order valence-corrected chi connectivity index (χ0v) is 15.1. The molecule has 2 aromatic rings. The van der Waals surface area contributed by atoms with Crippen LogP contribution in [0.2, 0.25) is 0 Å². The van der Waals surface area contributed by atoms with Crippen LogP contribution in [-0.2, 0) is 6.54 Å². The maximum absolute atomic E-state index is 12.5. The lowest BCUT2D eigenvalue weighted by Gasteiger charge is -2.29. The minimum absolute atomic E-state index is 0.00957. The number of rotatable bonds is 6. The SMILES string of the molecule is CC(C)N(Cc1ccccc1)c1cncc(C(=O)NC2CCCC2)c1. The number of carbonyl (C=O) groups is 1. The van der Waals surface area contributed by atoms with E-state index >= 15 is 0 Å². The Morgan fingerprint density at radius 2 is 1.92 bits per heavy atom. The highest BCUT2D eigenvalue weighted by Gasteiger charge is 2.19. The van der Waals surface area contributed by atoms with Crippen molar-refractivity contribution >= 4 is 11.6 Å². The Bertz CT molecular complexity index is 693. The largest absolute Gasteiger partial charge is 0.364 e. The Kier molecular flexibility index (Phi) is 5.69. The quantitative estimate of drug-likeness (QED) is 0.860. The Morgan fingerprint density at radius 3 is 2.60 bits per heavy atom. The first-order valence-corrected chi connectivity index (χ1v) is 9.20. The first kappa shape index (κ1) is 17.5. The highest BCUT2D eigenvalue weighted by molar-refractivity contribution is 5.95. The monoisotopic (exact) mass is 337 g/mol. The molecule has 1 N–H and O–H groups in total. The van der Waals surface area contributed by atoms with Gasteiger partial charge in [0, 0.05) is 24.8 Å². The Hall–Kier alpha value is -2.36. The van der Waals surface area contributed by atoms with Crippen LogP contribution >= 0.6 is 0 Å². The normalized spacial score (nSPS) is 14.7. The number of aromatic nitrogens is 1. The van der Waals surface area contributed by atoms with Crippen molar-refractivity contribution in [3.8, 4) is 0 Å². The molecule has 1 amide bonds. The van der Waals surface area contributed by atoms with E-state index in [2.05, 4.69) is 53.3 Å². The molecule has 1 aliphatic rings. The zero-order valence-electron chi connectivity index (χ0n) is 15.1. The molecule has 3 rings (SSSR count). The van der Waals surface area contributed by atoms with Gasteiger partial charge in [-0.1, -0.05) is 43.2 Å². The maximum atomic E-state index is 12.5. The standard InChI is InChI=1S/C21H27N3O/c1-16(2)24(15-17-8-4-3-5-9-17)20-12-18(13-22-14-20)21(25)23-19-10-6-7-11-19/h3-5,8-9,12-14,16,19H,6-7,10-11,15H2,1-2H3,(H,23,25). The van der Waals surface area contributed by atoms with Crippen molar-refractivity contribution in [1.82, 2.24) is 10.3 Å². The third-order valence-corrected chi connectivity index (χ3v) is 4.83. The Labute approximate surface area is 150 Å². The van der Waals surface area contributed by atoms with Crippen molar-refractivity contribution in [2.24, 2.45) is 0 Å². The van der Waals surface area contributed by atoms with Crippen molar-refractivity contribution in [1.29, 1.82) is 0 Å². The molecule has 25 heavy (non-hydrogen) atoms. The van der Waals surface area contributed by atoms with E-state index in [-0.39, 0.29) is 5.91 Å². The van der Waals surface area contributed by atoms with Gasteiger partial charge >= 0.3 is 0 Å². The summed E-state index contributed by atoms with van der Waals surface area (Å²) in [6, 6.07) is 13.0. The third-order valence-electron chi connectivity index (χ3n) is 4.83. The van der Waals surface area contributed by atoms with Crippen LogP contribution in [0.1, 0.15) is 55.5 Å². The van der Waals surface area contributed by atoms with Gasteiger partial charge in [-0.3, -0.25) is 9.78 Å². The molecule has 1 fully saturated rings. The second kappa shape index (κ2) is 8.15. The maximum Gasteiger partial charge on any atom is 0.253 e. The Balaban J connectivity index is 1.76. The molecule has 1 saturated carbocycles. The van der Waals surface area contributed by atoms with E-state index in [1.807, 2.05) is 18.3 Å². The summed E-state index contributed by atoms with van der Waals surface area (Å²) in [6.07, 6.45) is 8.10. The summed E-state index contributed by atoms with van der Waals surface area (Å²) in [5.74, 6) is -0.00957. The van der Waals surface area contributed by atoms with Gasteiger partial charge in [0.2, 0.25) is 0 Å². The lowest BCUT2D eigenvalue weighted by atomic mass is 10.1. The summed E-state index contributed by atoms with van der Waals surface area (Å²) in [5.41, 5.74) is 2.87. The van der Waals surface area contributed by atoms with Gasteiger partial charge in [0.15, 0.2) is 0 Å². The number of carbonyl (C=O) groups excluding carboxylic acids is 1. The molecule has 0 bridgehead atoms. The topological polar surface area (TPSA) is 45.2 Å². The van der Waals surface area contributed by atoms with Crippen LogP contribution < -0.4 is 10.2 Å². The average molecular weight is 337 g/mol. The van der Waals surface area contributed by atoms with Gasteiger partial charge in [-0.2, -0.15) is 0 Å². The van der Waals surface area contributed by atoms with Crippen LogP contribution in [0.15, 0.2) is 48.8 Å². The van der Waals surface area contributed by atoms with Crippen molar-refractivity contribution in [2.45, 2.75) is 58.2 Å². The number of nitrogens with one attached hydrogen (secondary N) is 1. The first-order chi connectivity index (χ1) is 12.1. The molecule has 1 heterocycles. The number of anilines is 1. The average Bonchev–Trinajstić information content (AvgIpc) is 3.13. The van der Waals surface area contributed by atoms with E-state index in [4.69, 9.17) is 0 Å². The highest BCUT2D eigenvalue weighted by atomic mass is 16.1. The van der Waals surface area contributed by atoms with Gasteiger partial charge in [0.05, 0.1) is 17.4 Å². The van der Waals surface area contributed by atoms with Crippen molar-refractivity contribution in [3.63, 3.8) is 0 Å².